The Morgan fingerprint density at radius 1 is 1.33 bits per heavy atom. The second kappa shape index (κ2) is 6.62. The molecule has 7 heteroatoms. The van der Waals surface area contributed by atoms with Crippen molar-refractivity contribution >= 4 is 11.6 Å². The molecule has 122 valence electrons. The van der Waals surface area contributed by atoms with Crippen LogP contribution in [-0.4, -0.2) is 26.1 Å². The number of carbonyl (C=O) groups is 1. The Bertz CT molecular complexity index is 793. The molecule has 3 heterocycles. The Labute approximate surface area is 140 Å². The van der Waals surface area contributed by atoms with Gasteiger partial charge in [-0.25, -0.2) is 9.97 Å². The fraction of sp³-hybridized carbons (Fsp3) is 0.353. The van der Waals surface area contributed by atoms with Crippen LogP contribution in [0.4, 0.5) is 5.69 Å². The van der Waals surface area contributed by atoms with E-state index < -0.39 is 5.66 Å². The van der Waals surface area contributed by atoms with Gasteiger partial charge in [-0.15, -0.1) is 12.3 Å². The Kier molecular flexibility index (Phi) is 4.38. The number of nitrogens with zero attached hydrogens (tertiary/aromatic N) is 5. The number of carbonyl (C=O) groups excluding carboxylic acids is 1. The molecule has 0 atom stereocenters. The van der Waals surface area contributed by atoms with E-state index in [2.05, 4.69) is 31.4 Å². The molecule has 0 spiro atoms. The molecule has 7 nitrogen and oxygen atoms in total. The summed E-state index contributed by atoms with van der Waals surface area (Å²) in [5, 5.41) is 10.9. The van der Waals surface area contributed by atoms with Crippen LogP contribution in [-0.2, 0) is 4.79 Å². The number of aryl methyl sites for hydroxylation is 1. The predicted molar refractivity (Wildman–Crippen MR) is 89.6 cm³/mol. The summed E-state index contributed by atoms with van der Waals surface area (Å²) in [7, 11) is 0. The summed E-state index contributed by atoms with van der Waals surface area (Å²) in [5.74, 6) is 4.11. The maximum absolute atomic E-state index is 12.1. The van der Waals surface area contributed by atoms with Crippen molar-refractivity contribution in [2.45, 2.75) is 38.3 Å². The van der Waals surface area contributed by atoms with Gasteiger partial charge in [-0.3, -0.25) is 9.36 Å². The fourth-order valence-corrected chi connectivity index (χ4v) is 2.43. The number of hydrogen-bond acceptors (Lipinski definition) is 5. The molecule has 0 bridgehead atoms. The normalized spacial score (nSPS) is 14.2. The second-order valence-corrected chi connectivity index (χ2v) is 5.68. The molecule has 0 aromatic carbocycles. The Morgan fingerprint density at radius 3 is 2.75 bits per heavy atom. The molecule has 3 rings (SSSR count). The molecule has 24 heavy (non-hydrogen) atoms. The van der Waals surface area contributed by atoms with E-state index in [1.54, 1.807) is 12.4 Å². The van der Waals surface area contributed by atoms with E-state index in [-0.39, 0.29) is 5.91 Å². The molecule has 0 radical (unpaired) electrons. The molecular formula is C17H18N6O. The fourth-order valence-electron chi connectivity index (χ4n) is 2.43. The first-order valence-corrected chi connectivity index (χ1v) is 7.76. The van der Waals surface area contributed by atoms with E-state index in [9.17, 15) is 4.79 Å². The highest BCUT2D eigenvalue weighted by molar-refractivity contribution is 5.90. The molecule has 0 unspecified atom stereocenters. The van der Waals surface area contributed by atoms with Crippen LogP contribution >= 0.6 is 0 Å². The number of terminal acetylenes is 1. The van der Waals surface area contributed by atoms with Gasteiger partial charge in [-0.05, 0) is 19.1 Å². The molecule has 2 aromatic rings. The first-order valence-electron chi connectivity index (χ1n) is 7.76. The van der Waals surface area contributed by atoms with Crippen LogP contribution in [0.25, 0.3) is 5.82 Å². The number of pyridine rings is 1. The zero-order chi connectivity index (χ0) is 17.0. The van der Waals surface area contributed by atoms with Crippen molar-refractivity contribution < 1.29 is 4.79 Å². The van der Waals surface area contributed by atoms with Gasteiger partial charge in [0.25, 0.3) is 0 Å². The molecule has 1 aliphatic heterocycles. The quantitative estimate of drug-likeness (QED) is 0.795. The predicted octanol–water partition coefficient (Wildman–Crippen LogP) is 2.87. The van der Waals surface area contributed by atoms with Crippen LogP contribution in [0.5, 0.6) is 0 Å². The average Bonchev–Trinajstić information content (AvgIpc) is 3.24. The van der Waals surface area contributed by atoms with Gasteiger partial charge in [0, 0.05) is 38.1 Å². The van der Waals surface area contributed by atoms with Gasteiger partial charge in [0.05, 0.1) is 11.9 Å². The van der Waals surface area contributed by atoms with Gasteiger partial charge in [-0.2, -0.15) is 10.2 Å². The number of nitrogens with one attached hydrogen (secondary N) is 1. The summed E-state index contributed by atoms with van der Waals surface area (Å²) >= 11 is 0. The molecule has 0 fully saturated rings. The lowest BCUT2D eigenvalue weighted by atomic mass is 10.0. The third-order valence-corrected chi connectivity index (χ3v) is 3.91. The summed E-state index contributed by atoms with van der Waals surface area (Å²) in [5.41, 5.74) is 0.231. The smallest absolute Gasteiger partial charge is 0.224 e. The number of imidazole rings is 1. The molecular weight excluding hydrogens is 304 g/mol. The lowest BCUT2D eigenvalue weighted by Gasteiger charge is -2.10. The maximum Gasteiger partial charge on any atom is 0.224 e. The van der Waals surface area contributed by atoms with Crippen LogP contribution in [0, 0.1) is 19.3 Å². The molecule has 1 aliphatic rings. The molecule has 0 saturated heterocycles. The van der Waals surface area contributed by atoms with Crippen LogP contribution < -0.4 is 5.32 Å². The topological polar surface area (TPSA) is 84.5 Å². The molecule has 1 N–H and O–H groups in total. The van der Waals surface area contributed by atoms with Crippen molar-refractivity contribution in [2.24, 2.45) is 10.2 Å². The molecule has 0 saturated carbocycles. The minimum Gasteiger partial charge on any atom is -0.325 e. The monoisotopic (exact) mass is 322 g/mol. The van der Waals surface area contributed by atoms with Gasteiger partial charge < -0.3 is 5.32 Å². The summed E-state index contributed by atoms with van der Waals surface area (Å²) in [6, 6.07) is 3.66. The third kappa shape index (κ3) is 3.66. The van der Waals surface area contributed by atoms with E-state index in [0.717, 1.165) is 11.6 Å². The number of amides is 1. The number of rotatable bonds is 7. The molecule has 0 aliphatic carbocycles. The van der Waals surface area contributed by atoms with Crippen molar-refractivity contribution in [3.8, 4) is 18.2 Å². The zero-order valence-electron chi connectivity index (χ0n) is 13.4. The minimum atomic E-state index is -0.426. The Hall–Kier alpha value is -3.01. The second-order valence-electron chi connectivity index (χ2n) is 5.68. The highest BCUT2D eigenvalue weighted by Gasteiger charge is 2.39. The number of hydrogen-bond donors (Lipinski definition) is 1. The minimum absolute atomic E-state index is 0.0826. The maximum atomic E-state index is 12.1. The average molecular weight is 322 g/mol. The largest absolute Gasteiger partial charge is 0.325 e. The highest BCUT2D eigenvalue weighted by atomic mass is 16.1. The van der Waals surface area contributed by atoms with Crippen molar-refractivity contribution in [1.82, 2.24) is 14.5 Å². The van der Waals surface area contributed by atoms with Crippen LogP contribution in [0.1, 0.15) is 31.5 Å². The van der Waals surface area contributed by atoms with Crippen molar-refractivity contribution in [3.63, 3.8) is 0 Å². The van der Waals surface area contributed by atoms with Crippen molar-refractivity contribution in [3.05, 3.63) is 36.5 Å². The number of anilines is 1. The van der Waals surface area contributed by atoms with Gasteiger partial charge >= 0.3 is 0 Å². The van der Waals surface area contributed by atoms with Crippen LogP contribution in [0.2, 0.25) is 0 Å². The molecule has 2 aromatic heterocycles. The van der Waals surface area contributed by atoms with Gasteiger partial charge in [0.2, 0.25) is 5.91 Å². The van der Waals surface area contributed by atoms with E-state index in [0.29, 0.717) is 31.4 Å². The van der Waals surface area contributed by atoms with Crippen LogP contribution in [0.15, 0.2) is 41.0 Å². The summed E-state index contributed by atoms with van der Waals surface area (Å²) in [4.78, 5) is 20.6. The first-order chi connectivity index (χ1) is 11.6. The third-order valence-electron chi connectivity index (χ3n) is 3.91. The summed E-state index contributed by atoms with van der Waals surface area (Å²) in [6.45, 7) is 1.90. The van der Waals surface area contributed by atoms with E-state index in [1.165, 1.54) is 0 Å². The van der Waals surface area contributed by atoms with E-state index in [1.807, 2.05) is 29.8 Å². The van der Waals surface area contributed by atoms with Crippen molar-refractivity contribution in [2.75, 3.05) is 5.32 Å². The van der Waals surface area contributed by atoms with Gasteiger partial charge in [-0.1, -0.05) is 0 Å². The SMILES string of the molecule is C#CCCC1(CCC(=O)Nc2ccc(-n3ccnc3C)nc2)N=N1. The van der Waals surface area contributed by atoms with E-state index in [4.69, 9.17) is 6.42 Å². The van der Waals surface area contributed by atoms with Crippen molar-refractivity contribution in [1.29, 1.82) is 0 Å². The standard InChI is InChI=1S/C17H18N6O/c1-3-4-8-17(21-22-17)9-7-16(24)20-14-5-6-15(19-12-14)23-11-10-18-13(23)2/h1,5-6,10-12H,4,7-9H2,2H3,(H,20,24). The lowest BCUT2D eigenvalue weighted by Crippen LogP contribution is -2.17. The van der Waals surface area contributed by atoms with Crippen LogP contribution in [0.3, 0.4) is 0 Å². The van der Waals surface area contributed by atoms with Gasteiger partial charge in [0.1, 0.15) is 11.6 Å². The molecule has 1 amide bonds. The summed E-state index contributed by atoms with van der Waals surface area (Å²) in [6.07, 6.45) is 12.7. The Balaban J connectivity index is 1.52. The van der Waals surface area contributed by atoms with E-state index >= 15 is 0 Å². The highest BCUT2D eigenvalue weighted by Crippen LogP contribution is 2.37. The number of aromatic nitrogens is 3. The van der Waals surface area contributed by atoms with Gasteiger partial charge in [0.15, 0.2) is 5.66 Å². The first kappa shape index (κ1) is 15.9. The Morgan fingerprint density at radius 2 is 2.17 bits per heavy atom. The summed E-state index contributed by atoms with van der Waals surface area (Å²) < 4.78 is 1.87. The lowest BCUT2D eigenvalue weighted by molar-refractivity contribution is -0.116. The zero-order valence-corrected chi connectivity index (χ0v) is 13.4.